The van der Waals surface area contributed by atoms with Crippen molar-refractivity contribution in [1.29, 1.82) is 0 Å². The maximum atomic E-state index is 10.3. The molecule has 0 fully saturated rings. The molecule has 0 aliphatic heterocycles. The van der Waals surface area contributed by atoms with Crippen LogP contribution in [0.3, 0.4) is 0 Å². The smallest absolute Gasteiger partial charge is 0.305 e. The van der Waals surface area contributed by atoms with Crippen molar-refractivity contribution in [2.75, 3.05) is 7.11 Å². The third-order valence-electron chi connectivity index (χ3n) is 1.44. The molecule has 1 heterocycles. The van der Waals surface area contributed by atoms with Gasteiger partial charge >= 0.3 is 5.97 Å². The van der Waals surface area contributed by atoms with E-state index >= 15 is 0 Å². The first-order valence-electron chi connectivity index (χ1n) is 3.60. The van der Waals surface area contributed by atoms with Crippen LogP contribution in [0.5, 0.6) is 5.19 Å². The lowest BCUT2D eigenvalue weighted by atomic mass is 10.2. The number of hydrogen-bond donors (Lipinski definition) is 2. The van der Waals surface area contributed by atoms with Gasteiger partial charge < -0.3 is 15.6 Å². The molecule has 0 bridgehead atoms. The van der Waals surface area contributed by atoms with Crippen LogP contribution in [0.4, 0.5) is 0 Å². The van der Waals surface area contributed by atoms with Crippen molar-refractivity contribution in [3.63, 3.8) is 0 Å². The van der Waals surface area contributed by atoms with Gasteiger partial charge in [0.2, 0.25) is 0 Å². The van der Waals surface area contributed by atoms with Crippen LogP contribution in [0.15, 0.2) is 6.20 Å². The van der Waals surface area contributed by atoms with Gasteiger partial charge in [-0.2, -0.15) is 0 Å². The molecule has 3 N–H and O–H groups in total. The number of aromatic nitrogens is 1. The van der Waals surface area contributed by atoms with E-state index in [1.54, 1.807) is 0 Å². The van der Waals surface area contributed by atoms with Gasteiger partial charge in [-0.05, 0) is 0 Å². The van der Waals surface area contributed by atoms with Crippen molar-refractivity contribution < 1.29 is 14.6 Å². The highest BCUT2D eigenvalue weighted by Crippen LogP contribution is 2.25. The number of aliphatic carboxylic acids is 1. The number of nitrogens with zero attached hydrogens (tertiary/aromatic N) is 1. The van der Waals surface area contributed by atoms with Crippen LogP contribution in [0.1, 0.15) is 17.3 Å². The Morgan fingerprint density at radius 1 is 1.92 bits per heavy atom. The summed E-state index contributed by atoms with van der Waals surface area (Å²) in [6, 6.07) is -0.501. The molecule has 1 aromatic rings. The van der Waals surface area contributed by atoms with Gasteiger partial charge in [0, 0.05) is 11.1 Å². The fourth-order valence-corrected chi connectivity index (χ4v) is 1.55. The minimum atomic E-state index is -0.917. The first kappa shape index (κ1) is 9.94. The van der Waals surface area contributed by atoms with Gasteiger partial charge in [0.1, 0.15) is 0 Å². The van der Waals surface area contributed by atoms with E-state index in [1.807, 2.05) is 0 Å². The highest BCUT2D eigenvalue weighted by Gasteiger charge is 2.13. The molecule has 0 saturated heterocycles. The second-order valence-corrected chi connectivity index (χ2v) is 3.46. The van der Waals surface area contributed by atoms with Gasteiger partial charge in [-0.3, -0.25) is 4.79 Å². The zero-order chi connectivity index (χ0) is 9.84. The van der Waals surface area contributed by atoms with E-state index in [0.717, 1.165) is 4.88 Å². The maximum absolute atomic E-state index is 10.3. The van der Waals surface area contributed by atoms with Crippen LogP contribution in [0.25, 0.3) is 0 Å². The van der Waals surface area contributed by atoms with Crippen molar-refractivity contribution in [3.8, 4) is 5.19 Å². The third-order valence-corrected chi connectivity index (χ3v) is 2.53. The van der Waals surface area contributed by atoms with Crippen molar-refractivity contribution in [1.82, 2.24) is 4.98 Å². The second kappa shape index (κ2) is 4.20. The SMILES string of the molecule is COc1ncc([C@H](N)CC(=O)O)s1. The summed E-state index contributed by atoms with van der Waals surface area (Å²) in [4.78, 5) is 14.9. The van der Waals surface area contributed by atoms with Crippen molar-refractivity contribution >= 4 is 17.3 Å². The van der Waals surface area contributed by atoms with Gasteiger partial charge in [0.25, 0.3) is 5.19 Å². The average molecular weight is 202 g/mol. The number of carboxylic acids is 1. The fraction of sp³-hybridized carbons (Fsp3) is 0.429. The molecule has 6 heteroatoms. The third kappa shape index (κ3) is 2.67. The lowest BCUT2D eigenvalue weighted by Gasteiger charge is -2.03. The Morgan fingerprint density at radius 3 is 3.08 bits per heavy atom. The lowest BCUT2D eigenvalue weighted by Crippen LogP contribution is -2.13. The monoisotopic (exact) mass is 202 g/mol. The van der Waals surface area contributed by atoms with Crippen LogP contribution < -0.4 is 10.5 Å². The Bertz CT molecular complexity index is 300. The number of methoxy groups -OCH3 is 1. The second-order valence-electron chi connectivity index (χ2n) is 2.44. The molecule has 0 unspecified atom stereocenters. The molecule has 1 aromatic heterocycles. The molecule has 0 spiro atoms. The minimum absolute atomic E-state index is 0.0919. The Morgan fingerprint density at radius 2 is 2.62 bits per heavy atom. The Balaban J connectivity index is 2.65. The first-order valence-corrected chi connectivity index (χ1v) is 4.42. The van der Waals surface area contributed by atoms with E-state index in [-0.39, 0.29) is 6.42 Å². The quantitative estimate of drug-likeness (QED) is 0.747. The Kier molecular flexibility index (Phi) is 3.21. The maximum Gasteiger partial charge on any atom is 0.305 e. The van der Waals surface area contributed by atoms with E-state index in [9.17, 15) is 4.79 Å². The molecule has 0 amide bonds. The number of rotatable bonds is 4. The summed E-state index contributed by atoms with van der Waals surface area (Å²) in [7, 11) is 1.51. The number of ether oxygens (including phenoxy) is 1. The largest absolute Gasteiger partial charge is 0.481 e. The minimum Gasteiger partial charge on any atom is -0.481 e. The zero-order valence-corrected chi connectivity index (χ0v) is 7.87. The molecule has 1 rings (SSSR count). The highest BCUT2D eigenvalue weighted by atomic mass is 32.1. The number of hydrogen-bond acceptors (Lipinski definition) is 5. The predicted molar refractivity (Wildman–Crippen MR) is 47.8 cm³/mol. The van der Waals surface area contributed by atoms with E-state index in [4.69, 9.17) is 15.6 Å². The van der Waals surface area contributed by atoms with Crippen molar-refractivity contribution in [2.45, 2.75) is 12.5 Å². The van der Waals surface area contributed by atoms with E-state index in [0.29, 0.717) is 5.19 Å². The Labute approximate surface area is 79.2 Å². The van der Waals surface area contributed by atoms with E-state index in [2.05, 4.69) is 4.98 Å². The molecular weight excluding hydrogens is 192 g/mol. The zero-order valence-electron chi connectivity index (χ0n) is 7.06. The number of thiazole rings is 1. The summed E-state index contributed by atoms with van der Waals surface area (Å²) in [6.45, 7) is 0. The van der Waals surface area contributed by atoms with Crippen LogP contribution >= 0.6 is 11.3 Å². The summed E-state index contributed by atoms with van der Waals surface area (Å²) in [5.41, 5.74) is 5.60. The van der Waals surface area contributed by atoms with Gasteiger partial charge in [0.05, 0.1) is 19.6 Å². The molecule has 0 aliphatic carbocycles. The van der Waals surface area contributed by atoms with Crippen molar-refractivity contribution in [3.05, 3.63) is 11.1 Å². The van der Waals surface area contributed by atoms with Crippen LogP contribution in [0, 0.1) is 0 Å². The number of nitrogens with two attached hydrogens (primary N) is 1. The van der Waals surface area contributed by atoms with Gasteiger partial charge in [-0.25, -0.2) is 4.98 Å². The van der Waals surface area contributed by atoms with Gasteiger partial charge in [0.15, 0.2) is 0 Å². The molecule has 13 heavy (non-hydrogen) atoms. The predicted octanol–water partition coefficient (Wildman–Crippen LogP) is 0.626. The summed E-state index contributed by atoms with van der Waals surface area (Å²) in [5.74, 6) is -0.917. The number of carboxylic acid groups (broad SMARTS) is 1. The molecule has 1 atom stereocenters. The molecule has 0 aliphatic rings. The van der Waals surface area contributed by atoms with Crippen LogP contribution in [0.2, 0.25) is 0 Å². The number of carbonyl (C=O) groups is 1. The normalized spacial score (nSPS) is 12.5. The van der Waals surface area contributed by atoms with Gasteiger partial charge in [-0.1, -0.05) is 11.3 Å². The molecule has 5 nitrogen and oxygen atoms in total. The van der Waals surface area contributed by atoms with E-state index in [1.165, 1.54) is 24.6 Å². The topological polar surface area (TPSA) is 85.4 Å². The Hall–Kier alpha value is -1.14. The summed E-state index contributed by atoms with van der Waals surface area (Å²) < 4.78 is 4.85. The lowest BCUT2D eigenvalue weighted by molar-refractivity contribution is -0.137. The fourth-order valence-electron chi connectivity index (χ4n) is 0.824. The summed E-state index contributed by atoms with van der Waals surface area (Å²) in [6.07, 6.45) is 1.45. The van der Waals surface area contributed by atoms with Crippen molar-refractivity contribution in [2.24, 2.45) is 5.73 Å². The standard InChI is InChI=1S/C7H10N2O3S/c1-12-7-9-3-5(13-7)4(8)2-6(10)11/h3-4H,2,8H2,1H3,(H,10,11)/t4-/m1/s1. The molecular formula is C7H10N2O3S. The molecule has 72 valence electrons. The van der Waals surface area contributed by atoms with Crippen LogP contribution in [-0.4, -0.2) is 23.2 Å². The summed E-state index contributed by atoms with van der Waals surface area (Å²) in [5, 5.41) is 8.98. The highest BCUT2D eigenvalue weighted by molar-refractivity contribution is 7.13. The van der Waals surface area contributed by atoms with Crippen LogP contribution in [-0.2, 0) is 4.79 Å². The summed E-state index contributed by atoms with van der Waals surface area (Å²) >= 11 is 1.26. The van der Waals surface area contributed by atoms with E-state index < -0.39 is 12.0 Å². The van der Waals surface area contributed by atoms with Gasteiger partial charge in [-0.15, -0.1) is 0 Å². The molecule has 0 radical (unpaired) electrons. The molecule has 0 saturated carbocycles. The average Bonchev–Trinajstić information content (AvgIpc) is 2.50. The first-order chi connectivity index (χ1) is 6.13. The molecule has 0 aromatic carbocycles.